The van der Waals surface area contributed by atoms with Crippen LogP contribution in [0.1, 0.15) is 46.5 Å². The summed E-state index contributed by atoms with van der Waals surface area (Å²) in [6, 6.07) is 0. The highest BCUT2D eigenvalue weighted by atomic mass is 14.0. The quantitative estimate of drug-likeness (QED) is 0.524. The molecule has 0 aromatic carbocycles. The van der Waals surface area contributed by atoms with E-state index in [-0.39, 0.29) is 0 Å². The molecule has 0 bridgehead atoms. The lowest BCUT2D eigenvalue weighted by Crippen LogP contribution is -1.87. The Bertz CT molecular complexity index is 109. The van der Waals surface area contributed by atoms with Gasteiger partial charge in [0.15, 0.2) is 0 Å². The monoisotopic (exact) mass is 153 g/mol. The summed E-state index contributed by atoms with van der Waals surface area (Å²) in [6.45, 7) is 10.5. The first-order valence-electron chi connectivity index (χ1n) is 4.61. The number of allylic oxidation sites excluding steroid dienone is 2. The summed E-state index contributed by atoms with van der Waals surface area (Å²) in [5, 5.41) is 0. The fourth-order valence-corrected chi connectivity index (χ4v) is 1.14. The molecule has 0 saturated heterocycles. The van der Waals surface area contributed by atoms with Crippen molar-refractivity contribution in [1.29, 1.82) is 0 Å². The highest BCUT2D eigenvalue weighted by Crippen LogP contribution is 2.11. The summed E-state index contributed by atoms with van der Waals surface area (Å²) in [5.41, 5.74) is 1.50. The zero-order valence-corrected chi connectivity index (χ0v) is 8.19. The summed E-state index contributed by atoms with van der Waals surface area (Å²) >= 11 is 0. The van der Waals surface area contributed by atoms with Crippen LogP contribution < -0.4 is 0 Å². The van der Waals surface area contributed by atoms with Crippen LogP contribution in [0.2, 0.25) is 0 Å². The van der Waals surface area contributed by atoms with E-state index in [4.69, 9.17) is 0 Å². The van der Waals surface area contributed by atoms with Gasteiger partial charge in [-0.15, -0.1) is 0 Å². The van der Waals surface area contributed by atoms with Crippen molar-refractivity contribution in [2.75, 3.05) is 0 Å². The van der Waals surface area contributed by atoms with Gasteiger partial charge < -0.3 is 0 Å². The fourth-order valence-electron chi connectivity index (χ4n) is 1.14. The fraction of sp³-hybridized carbons (Fsp3) is 0.727. The van der Waals surface area contributed by atoms with E-state index in [9.17, 15) is 0 Å². The van der Waals surface area contributed by atoms with E-state index in [0.717, 1.165) is 12.3 Å². The van der Waals surface area contributed by atoms with Gasteiger partial charge >= 0.3 is 0 Å². The van der Waals surface area contributed by atoms with Gasteiger partial charge in [-0.1, -0.05) is 31.9 Å². The van der Waals surface area contributed by atoms with Crippen LogP contribution in [0, 0.1) is 12.8 Å². The van der Waals surface area contributed by atoms with Crippen molar-refractivity contribution < 1.29 is 0 Å². The maximum atomic E-state index is 3.79. The zero-order chi connectivity index (χ0) is 8.69. The van der Waals surface area contributed by atoms with Crippen molar-refractivity contribution in [2.45, 2.75) is 46.5 Å². The van der Waals surface area contributed by atoms with Gasteiger partial charge in [0.1, 0.15) is 0 Å². The average molecular weight is 153 g/mol. The Morgan fingerprint density at radius 3 is 2.55 bits per heavy atom. The Labute approximate surface area is 71.7 Å². The highest BCUT2D eigenvalue weighted by molar-refractivity contribution is 4.97. The van der Waals surface area contributed by atoms with E-state index in [1.807, 2.05) is 0 Å². The van der Waals surface area contributed by atoms with Crippen molar-refractivity contribution in [3.63, 3.8) is 0 Å². The molecule has 0 atom stereocenters. The summed E-state index contributed by atoms with van der Waals surface area (Å²) in [5.74, 6) is 0.850. The van der Waals surface area contributed by atoms with Gasteiger partial charge in [0.2, 0.25) is 0 Å². The Kier molecular flexibility index (Phi) is 6.30. The molecule has 0 amide bonds. The summed E-state index contributed by atoms with van der Waals surface area (Å²) in [7, 11) is 0. The smallest absolute Gasteiger partial charge is 0.0323 e. The number of hydrogen-bond donors (Lipinski definition) is 0. The second kappa shape index (κ2) is 6.45. The maximum Gasteiger partial charge on any atom is -0.0323 e. The molecule has 0 saturated carbocycles. The molecule has 11 heavy (non-hydrogen) atoms. The second-order valence-corrected chi connectivity index (χ2v) is 3.63. The van der Waals surface area contributed by atoms with Crippen LogP contribution in [0.3, 0.4) is 0 Å². The van der Waals surface area contributed by atoms with E-state index >= 15 is 0 Å². The first-order valence-corrected chi connectivity index (χ1v) is 4.61. The third-order valence-electron chi connectivity index (χ3n) is 1.85. The molecule has 0 N–H and O–H groups in total. The van der Waals surface area contributed by atoms with Crippen LogP contribution in [0.4, 0.5) is 0 Å². The molecule has 0 aliphatic rings. The summed E-state index contributed by atoms with van der Waals surface area (Å²) in [6.07, 6.45) is 7.10. The highest BCUT2D eigenvalue weighted by Gasteiger charge is 1.94. The molecule has 1 radical (unpaired) electrons. The molecule has 0 fully saturated rings. The maximum absolute atomic E-state index is 3.79. The van der Waals surface area contributed by atoms with Crippen molar-refractivity contribution >= 4 is 0 Å². The molecule has 0 heterocycles. The lowest BCUT2D eigenvalue weighted by atomic mass is 10.0. The van der Waals surface area contributed by atoms with Gasteiger partial charge in [-0.2, -0.15) is 0 Å². The predicted octanol–water partition coefficient (Wildman–Crippen LogP) is 3.98. The molecule has 0 aliphatic heterocycles. The predicted molar refractivity (Wildman–Crippen MR) is 52.4 cm³/mol. The Morgan fingerprint density at radius 2 is 2.09 bits per heavy atom. The molecule has 65 valence electrons. The molecule has 0 aliphatic carbocycles. The lowest BCUT2D eigenvalue weighted by Gasteiger charge is -2.03. The minimum absolute atomic E-state index is 0.850. The van der Waals surface area contributed by atoms with Crippen molar-refractivity contribution in [3.8, 4) is 0 Å². The van der Waals surface area contributed by atoms with E-state index in [1.54, 1.807) is 0 Å². The summed E-state index contributed by atoms with van der Waals surface area (Å²) < 4.78 is 0. The van der Waals surface area contributed by atoms with Gasteiger partial charge in [0.25, 0.3) is 0 Å². The van der Waals surface area contributed by atoms with Crippen molar-refractivity contribution in [3.05, 3.63) is 18.6 Å². The Morgan fingerprint density at radius 1 is 1.45 bits per heavy atom. The minimum atomic E-state index is 0.850. The van der Waals surface area contributed by atoms with Gasteiger partial charge in [-0.3, -0.25) is 0 Å². The van der Waals surface area contributed by atoms with E-state index < -0.39 is 0 Å². The molecule has 0 heteroatoms. The molecule has 0 unspecified atom stereocenters. The average Bonchev–Trinajstić information content (AvgIpc) is 1.87. The van der Waals surface area contributed by atoms with Crippen molar-refractivity contribution in [1.82, 2.24) is 0 Å². The molecular weight excluding hydrogens is 132 g/mol. The lowest BCUT2D eigenvalue weighted by molar-refractivity contribution is 0.554. The van der Waals surface area contributed by atoms with Crippen LogP contribution in [-0.4, -0.2) is 0 Å². The normalized spacial score (nSPS) is 12.6. The molecule has 0 aromatic rings. The van der Waals surface area contributed by atoms with E-state index in [2.05, 4.69) is 33.8 Å². The van der Waals surface area contributed by atoms with Crippen LogP contribution >= 0.6 is 0 Å². The second-order valence-electron chi connectivity index (χ2n) is 3.63. The van der Waals surface area contributed by atoms with Gasteiger partial charge in [0.05, 0.1) is 0 Å². The van der Waals surface area contributed by atoms with E-state index in [0.29, 0.717) is 0 Å². The van der Waals surface area contributed by atoms with Crippen LogP contribution in [-0.2, 0) is 0 Å². The number of rotatable bonds is 5. The third kappa shape index (κ3) is 7.64. The minimum Gasteiger partial charge on any atom is -0.0856 e. The Hall–Kier alpha value is -0.260. The van der Waals surface area contributed by atoms with E-state index in [1.165, 1.54) is 24.8 Å². The first-order chi connectivity index (χ1) is 5.16. The first kappa shape index (κ1) is 10.7. The number of hydrogen-bond acceptors (Lipinski definition) is 0. The zero-order valence-electron chi connectivity index (χ0n) is 8.19. The topological polar surface area (TPSA) is 0 Å². The van der Waals surface area contributed by atoms with Gasteiger partial charge in [-0.25, -0.2) is 0 Å². The van der Waals surface area contributed by atoms with Gasteiger partial charge in [-0.05, 0) is 39.0 Å². The van der Waals surface area contributed by atoms with Gasteiger partial charge in [0, 0.05) is 0 Å². The molecule has 0 aromatic heterocycles. The molecular formula is C11H21. The van der Waals surface area contributed by atoms with Crippen LogP contribution in [0.5, 0.6) is 0 Å². The molecule has 0 nitrogen and oxygen atoms in total. The van der Waals surface area contributed by atoms with Crippen molar-refractivity contribution in [2.24, 2.45) is 5.92 Å². The summed E-state index contributed by atoms with van der Waals surface area (Å²) in [4.78, 5) is 0. The molecule has 0 spiro atoms. The SMILES string of the molecule is [CH2]C/C=C(\C)CCCC(C)C. The van der Waals surface area contributed by atoms with Crippen LogP contribution in [0.15, 0.2) is 11.6 Å². The molecule has 0 rings (SSSR count). The Balaban J connectivity index is 3.31. The largest absolute Gasteiger partial charge is 0.0856 e. The third-order valence-corrected chi connectivity index (χ3v) is 1.85. The van der Waals surface area contributed by atoms with Crippen LogP contribution in [0.25, 0.3) is 0 Å². The standard InChI is InChI=1S/C11H21/c1-5-7-11(4)9-6-8-10(2)3/h7,10H,1,5-6,8-9H2,2-4H3/b11-7+.